The Kier molecular flexibility index (Phi) is 5.22. The van der Waals surface area contributed by atoms with Gasteiger partial charge in [0.05, 0.1) is 3.79 Å². The minimum Gasteiger partial charge on any atom is -0.508 e. The van der Waals surface area contributed by atoms with Crippen LogP contribution >= 0.6 is 27.3 Å². The van der Waals surface area contributed by atoms with E-state index < -0.39 is 21.4 Å². The van der Waals surface area contributed by atoms with E-state index in [1.165, 1.54) is 54.6 Å². The van der Waals surface area contributed by atoms with E-state index >= 15 is 0 Å². The number of fused-ring (bicyclic) bond motifs is 1. The lowest BCUT2D eigenvalue weighted by molar-refractivity contribution is 0.103. The molecule has 2 aromatic carbocycles. The molecule has 0 amide bonds. The molecule has 0 radical (unpaired) electrons. The van der Waals surface area contributed by atoms with Crippen molar-refractivity contribution in [3.8, 4) is 5.75 Å². The molecule has 30 heavy (non-hydrogen) atoms. The maximum atomic E-state index is 12.7. The van der Waals surface area contributed by atoms with Gasteiger partial charge in [-0.3, -0.25) is 9.52 Å². The molecule has 0 saturated carbocycles. The first-order valence-electron chi connectivity index (χ1n) is 8.43. The largest absolute Gasteiger partial charge is 0.508 e. The molecule has 4 rings (SSSR count). The van der Waals surface area contributed by atoms with Crippen molar-refractivity contribution in [2.45, 2.75) is 4.21 Å². The molecule has 10 heteroatoms. The number of halogens is 1. The van der Waals surface area contributed by atoms with Crippen molar-refractivity contribution in [2.24, 2.45) is 0 Å². The van der Waals surface area contributed by atoms with Crippen LogP contribution in [0.15, 0.2) is 77.9 Å². The van der Waals surface area contributed by atoms with Crippen LogP contribution < -0.4 is 10.3 Å². The number of anilines is 1. The molecule has 0 fully saturated rings. The number of sulfonamides is 1. The summed E-state index contributed by atoms with van der Waals surface area (Å²) in [6.45, 7) is 0. The topological polar surface area (TPSA) is 114 Å². The van der Waals surface area contributed by atoms with E-state index in [0.717, 1.165) is 11.3 Å². The van der Waals surface area contributed by atoms with E-state index in [4.69, 9.17) is 4.42 Å². The van der Waals surface area contributed by atoms with Gasteiger partial charge >= 0.3 is 5.63 Å². The summed E-state index contributed by atoms with van der Waals surface area (Å²) in [7, 11) is -3.74. The van der Waals surface area contributed by atoms with Crippen molar-refractivity contribution < 1.29 is 22.7 Å². The molecule has 0 unspecified atom stereocenters. The van der Waals surface area contributed by atoms with Gasteiger partial charge in [0.1, 0.15) is 21.1 Å². The Morgan fingerprint density at radius 1 is 1.03 bits per heavy atom. The molecule has 0 aliphatic heterocycles. The Labute approximate surface area is 182 Å². The van der Waals surface area contributed by atoms with Gasteiger partial charge in [-0.1, -0.05) is 0 Å². The Hall–Kier alpha value is -2.95. The average molecular weight is 506 g/mol. The number of carbonyl (C=O) groups excluding carboxylic acids is 1. The number of hydrogen-bond acceptors (Lipinski definition) is 7. The van der Waals surface area contributed by atoms with Crippen LogP contribution in [0.2, 0.25) is 0 Å². The van der Waals surface area contributed by atoms with E-state index in [1.54, 1.807) is 6.07 Å². The molecule has 2 N–H and O–H groups in total. The molecule has 0 aliphatic carbocycles. The van der Waals surface area contributed by atoms with E-state index in [-0.39, 0.29) is 32.4 Å². The SMILES string of the molecule is O=C(c1ccc(NS(=O)(=O)c2ccc(Br)s2)cc1)c1cc2ccc(O)cc2oc1=O. The Balaban J connectivity index is 1.60. The number of carbonyl (C=O) groups is 1. The summed E-state index contributed by atoms with van der Waals surface area (Å²) < 4.78 is 33.2. The summed E-state index contributed by atoms with van der Waals surface area (Å²) in [5, 5.41) is 9.97. The number of aromatic hydroxyl groups is 1. The van der Waals surface area contributed by atoms with Crippen LogP contribution in [0.1, 0.15) is 15.9 Å². The van der Waals surface area contributed by atoms with Crippen molar-refractivity contribution in [3.63, 3.8) is 0 Å². The second kappa shape index (κ2) is 7.71. The fourth-order valence-corrected chi connectivity index (χ4v) is 5.82. The summed E-state index contributed by atoms with van der Waals surface area (Å²) in [5.74, 6) is -0.618. The van der Waals surface area contributed by atoms with Crippen LogP contribution in [0.25, 0.3) is 11.0 Å². The van der Waals surface area contributed by atoms with Gasteiger partial charge in [0.25, 0.3) is 10.0 Å². The van der Waals surface area contributed by atoms with Crippen molar-refractivity contribution in [3.05, 3.63) is 86.0 Å². The second-order valence-corrected chi connectivity index (χ2v) is 10.6. The van der Waals surface area contributed by atoms with Gasteiger partial charge in [-0.05, 0) is 70.5 Å². The third kappa shape index (κ3) is 4.02. The zero-order valence-corrected chi connectivity index (χ0v) is 18.2. The number of rotatable bonds is 5. The molecule has 152 valence electrons. The van der Waals surface area contributed by atoms with Gasteiger partial charge in [0.2, 0.25) is 0 Å². The average Bonchev–Trinajstić information content (AvgIpc) is 3.14. The Bertz CT molecular complexity index is 1440. The Morgan fingerprint density at radius 3 is 2.43 bits per heavy atom. The summed E-state index contributed by atoms with van der Waals surface area (Å²) in [6, 6.07) is 14.5. The standard InChI is InChI=1S/C20H12BrNO6S2/c21-17-7-8-18(29-17)30(26,27)22-13-4-1-11(2-5-13)19(24)15-9-12-3-6-14(23)10-16(12)28-20(15)25/h1-10,22-23H. The van der Waals surface area contributed by atoms with Gasteiger partial charge in [-0.25, -0.2) is 13.2 Å². The van der Waals surface area contributed by atoms with E-state index in [9.17, 15) is 23.1 Å². The molecule has 7 nitrogen and oxygen atoms in total. The predicted molar refractivity (Wildman–Crippen MR) is 117 cm³/mol. The fraction of sp³-hybridized carbons (Fsp3) is 0. The molecule has 0 spiro atoms. The lowest BCUT2D eigenvalue weighted by atomic mass is 10.0. The summed E-state index contributed by atoms with van der Waals surface area (Å²) in [4.78, 5) is 25.0. The van der Waals surface area contributed by atoms with E-state index in [1.807, 2.05) is 0 Å². The third-order valence-electron chi connectivity index (χ3n) is 4.18. The molecule has 0 atom stereocenters. The second-order valence-electron chi connectivity index (χ2n) is 6.24. The summed E-state index contributed by atoms with van der Waals surface area (Å²) in [6.07, 6.45) is 0. The van der Waals surface area contributed by atoms with Crippen LogP contribution in [-0.2, 0) is 10.0 Å². The number of hydrogen-bond donors (Lipinski definition) is 2. The normalized spacial score (nSPS) is 11.5. The monoisotopic (exact) mass is 505 g/mol. The predicted octanol–water partition coefficient (Wildman–Crippen LogP) is 4.35. The van der Waals surface area contributed by atoms with Crippen LogP contribution in [0.3, 0.4) is 0 Å². The first kappa shape index (κ1) is 20.3. The quantitative estimate of drug-likeness (QED) is 0.307. The maximum Gasteiger partial charge on any atom is 0.347 e. The highest BCUT2D eigenvalue weighted by Gasteiger charge is 2.19. The van der Waals surface area contributed by atoms with Crippen molar-refractivity contribution >= 4 is 59.7 Å². The number of phenolic OH excluding ortho intramolecular Hbond substituents is 1. The van der Waals surface area contributed by atoms with Gasteiger partial charge in [-0.15, -0.1) is 11.3 Å². The van der Waals surface area contributed by atoms with Gasteiger partial charge < -0.3 is 9.52 Å². The fourth-order valence-electron chi connectivity index (χ4n) is 2.75. The molecule has 2 aromatic heterocycles. The maximum absolute atomic E-state index is 12.7. The molecule has 2 heterocycles. The molecule has 0 saturated heterocycles. The highest BCUT2D eigenvalue weighted by Crippen LogP contribution is 2.28. The van der Waals surface area contributed by atoms with E-state index in [0.29, 0.717) is 9.17 Å². The zero-order valence-electron chi connectivity index (χ0n) is 15.0. The first-order valence-corrected chi connectivity index (χ1v) is 11.5. The lowest BCUT2D eigenvalue weighted by Crippen LogP contribution is -2.15. The highest BCUT2D eigenvalue weighted by atomic mass is 79.9. The van der Waals surface area contributed by atoms with Crippen LogP contribution in [-0.4, -0.2) is 19.3 Å². The lowest BCUT2D eigenvalue weighted by Gasteiger charge is -2.07. The van der Waals surface area contributed by atoms with Gasteiger partial charge in [0, 0.05) is 22.7 Å². The molecule has 0 bridgehead atoms. The highest BCUT2D eigenvalue weighted by molar-refractivity contribution is 9.11. The summed E-state index contributed by atoms with van der Waals surface area (Å²) in [5.41, 5.74) is -0.350. The van der Waals surface area contributed by atoms with Crippen molar-refractivity contribution in [1.29, 1.82) is 0 Å². The van der Waals surface area contributed by atoms with Crippen LogP contribution in [0.5, 0.6) is 5.75 Å². The first-order chi connectivity index (χ1) is 14.2. The summed E-state index contributed by atoms with van der Waals surface area (Å²) >= 11 is 4.30. The number of thiophene rings is 1. The molecule has 0 aliphatic rings. The van der Waals surface area contributed by atoms with Gasteiger partial charge in [0.15, 0.2) is 5.78 Å². The smallest absolute Gasteiger partial charge is 0.347 e. The minimum atomic E-state index is -3.74. The van der Waals surface area contributed by atoms with Crippen molar-refractivity contribution in [1.82, 2.24) is 0 Å². The molecular weight excluding hydrogens is 494 g/mol. The number of nitrogens with one attached hydrogen (secondary N) is 1. The minimum absolute atomic E-state index is 0.0577. The molecular formula is C20H12BrNO6S2. The Morgan fingerprint density at radius 2 is 1.77 bits per heavy atom. The number of benzene rings is 2. The zero-order chi connectivity index (χ0) is 21.5. The molecule has 4 aromatic rings. The van der Waals surface area contributed by atoms with Crippen molar-refractivity contribution in [2.75, 3.05) is 4.72 Å². The number of ketones is 1. The van der Waals surface area contributed by atoms with Crippen LogP contribution in [0, 0.1) is 0 Å². The van der Waals surface area contributed by atoms with E-state index in [2.05, 4.69) is 20.7 Å². The number of phenols is 1. The third-order valence-corrected chi connectivity index (χ3v) is 7.67. The van der Waals surface area contributed by atoms with Crippen LogP contribution in [0.4, 0.5) is 5.69 Å². The van der Waals surface area contributed by atoms with Gasteiger partial charge in [-0.2, -0.15) is 0 Å².